The molecule has 1 aliphatic rings. The highest BCUT2D eigenvalue weighted by atomic mass is 35.5. The molecule has 33 heavy (non-hydrogen) atoms. The fourth-order valence-electron chi connectivity index (χ4n) is 3.27. The second kappa shape index (κ2) is 10.0. The molecule has 2 heterocycles. The highest BCUT2D eigenvalue weighted by molar-refractivity contribution is 7.92. The molecule has 12 heteroatoms. The second-order valence-electron chi connectivity index (χ2n) is 7.32. The number of nitrogens with one attached hydrogen (secondary N) is 3. The average Bonchev–Trinajstić information content (AvgIpc) is 2.78. The first-order valence-corrected chi connectivity index (χ1v) is 12.7. The summed E-state index contributed by atoms with van der Waals surface area (Å²) in [5, 5.41) is 6.95. The molecule has 3 N–H and O–H groups in total. The smallest absolute Gasteiger partial charge is 0.229 e. The Morgan fingerprint density at radius 3 is 2.39 bits per heavy atom. The van der Waals surface area contributed by atoms with Gasteiger partial charge in [-0.25, -0.2) is 13.4 Å². The van der Waals surface area contributed by atoms with Gasteiger partial charge in [0, 0.05) is 18.8 Å². The van der Waals surface area contributed by atoms with Gasteiger partial charge in [0.2, 0.25) is 16.0 Å². The molecule has 0 radical (unpaired) electrons. The van der Waals surface area contributed by atoms with Crippen LogP contribution in [0.25, 0.3) is 0 Å². The van der Waals surface area contributed by atoms with Crippen molar-refractivity contribution in [2.75, 3.05) is 52.8 Å². The largest absolute Gasteiger partial charge is 0.378 e. The first-order valence-electron chi connectivity index (χ1n) is 10.0. The zero-order valence-electron chi connectivity index (χ0n) is 17.7. The van der Waals surface area contributed by atoms with Gasteiger partial charge in [-0.05, 0) is 30.3 Å². The first kappa shape index (κ1) is 23.4. The molecule has 1 aromatic heterocycles. The zero-order valence-corrected chi connectivity index (χ0v) is 20.0. The number of para-hydroxylation sites is 2. The van der Waals surface area contributed by atoms with Gasteiger partial charge in [-0.1, -0.05) is 35.3 Å². The van der Waals surface area contributed by atoms with E-state index in [9.17, 15) is 8.42 Å². The number of rotatable bonds is 7. The fraction of sp³-hybridized carbons (Fsp3) is 0.238. The molecule has 3 aromatic rings. The van der Waals surface area contributed by atoms with E-state index in [1.807, 2.05) is 18.2 Å². The Morgan fingerprint density at radius 1 is 0.970 bits per heavy atom. The standard InChI is InChI=1S/C21H22Cl2N6O3S/c1-33(30,31)28-19-5-3-2-4-18(19)25-20-16(23)13-24-21(27-20)26-17-7-6-14(12-15(17)22)29-8-10-32-11-9-29/h2-7,12-13,28H,8-11H2,1H3,(H2,24,25,26,27). The topological polar surface area (TPSA) is 108 Å². The fourth-order valence-corrected chi connectivity index (χ4v) is 4.21. The maximum atomic E-state index is 11.7. The predicted octanol–water partition coefficient (Wildman–Crippen LogP) is 4.48. The van der Waals surface area contributed by atoms with Crippen LogP contribution in [0.2, 0.25) is 10.0 Å². The summed E-state index contributed by atoms with van der Waals surface area (Å²) >= 11 is 12.8. The molecule has 0 spiro atoms. The van der Waals surface area contributed by atoms with Crippen LogP contribution in [0.5, 0.6) is 0 Å². The molecule has 1 fully saturated rings. The predicted molar refractivity (Wildman–Crippen MR) is 133 cm³/mol. The van der Waals surface area contributed by atoms with E-state index in [2.05, 4.69) is 30.2 Å². The van der Waals surface area contributed by atoms with Crippen LogP contribution in [0.15, 0.2) is 48.7 Å². The molecule has 0 bridgehead atoms. The van der Waals surface area contributed by atoms with E-state index in [-0.39, 0.29) is 11.0 Å². The maximum absolute atomic E-state index is 11.7. The number of anilines is 6. The van der Waals surface area contributed by atoms with Gasteiger partial charge < -0.3 is 20.3 Å². The Hall–Kier alpha value is -2.79. The van der Waals surface area contributed by atoms with Crippen LogP contribution in [0.1, 0.15) is 0 Å². The number of hydrogen-bond donors (Lipinski definition) is 3. The van der Waals surface area contributed by atoms with E-state index in [1.54, 1.807) is 24.3 Å². The minimum absolute atomic E-state index is 0.267. The van der Waals surface area contributed by atoms with Crippen molar-refractivity contribution in [2.45, 2.75) is 0 Å². The summed E-state index contributed by atoms with van der Waals surface area (Å²) in [5.41, 5.74) is 2.51. The minimum Gasteiger partial charge on any atom is -0.378 e. The van der Waals surface area contributed by atoms with E-state index < -0.39 is 10.0 Å². The number of halogens is 2. The Labute approximate surface area is 202 Å². The lowest BCUT2D eigenvalue weighted by atomic mass is 10.2. The number of morpholine rings is 1. The third-order valence-corrected chi connectivity index (χ3v) is 5.97. The summed E-state index contributed by atoms with van der Waals surface area (Å²) in [6.07, 6.45) is 2.53. The van der Waals surface area contributed by atoms with Crippen molar-refractivity contribution in [3.8, 4) is 0 Å². The molecule has 2 aromatic carbocycles. The van der Waals surface area contributed by atoms with Crippen molar-refractivity contribution in [1.29, 1.82) is 0 Å². The lowest BCUT2D eigenvalue weighted by Crippen LogP contribution is -2.36. The number of sulfonamides is 1. The normalized spacial score (nSPS) is 14.1. The summed E-state index contributed by atoms with van der Waals surface area (Å²) in [5.74, 6) is 0.578. The van der Waals surface area contributed by atoms with E-state index in [4.69, 9.17) is 27.9 Å². The van der Waals surface area contributed by atoms with Crippen molar-refractivity contribution in [2.24, 2.45) is 0 Å². The SMILES string of the molecule is CS(=O)(=O)Nc1ccccc1Nc1nc(Nc2ccc(N3CCOCC3)cc2Cl)ncc1Cl. The molecule has 4 rings (SSSR count). The summed E-state index contributed by atoms with van der Waals surface area (Å²) in [6, 6.07) is 12.5. The van der Waals surface area contributed by atoms with Gasteiger partial charge in [0.25, 0.3) is 0 Å². The molecular formula is C21H22Cl2N6O3S. The number of aromatic nitrogens is 2. The number of benzene rings is 2. The lowest BCUT2D eigenvalue weighted by molar-refractivity contribution is 0.122. The van der Waals surface area contributed by atoms with Crippen LogP contribution in [0.3, 0.4) is 0 Å². The maximum Gasteiger partial charge on any atom is 0.229 e. The van der Waals surface area contributed by atoms with Crippen LogP contribution in [-0.4, -0.2) is 50.9 Å². The minimum atomic E-state index is -3.46. The summed E-state index contributed by atoms with van der Waals surface area (Å²) < 4.78 is 31.2. The molecule has 0 amide bonds. The van der Waals surface area contributed by atoms with Gasteiger partial charge >= 0.3 is 0 Å². The molecule has 0 aliphatic carbocycles. The van der Waals surface area contributed by atoms with Crippen molar-refractivity contribution < 1.29 is 13.2 Å². The lowest BCUT2D eigenvalue weighted by Gasteiger charge is -2.29. The Bertz CT molecular complexity index is 1250. The summed E-state index contributed by atoms with van der Waals surface area (Å²) in [4.78, 5) is 10.9. The van der Waals surface area contributed by atoms with Gasteiger partial charge in [0.05, 0.1) is 47.8 Å². The summed E-state index contributed by atoms with van der Waals surface area (Å²) in [7, 11) is -3.46. The molecular weight excluding hydrogens is 487 g/mol. The van der Waals surface area contributed by atoms with E-state index in [1.165, 1.54) is 6.20 Å². The van der Waals surface area contributed by atoms with E-state index in [0.717, 1.165) is 25.0 Å². The quantitative estimate of drug-likeness (QED) is 0.428. The molecule has 1 saturated heterocycles. The number of ether oxygens (including phenoxy) is 1. The van der Waals surface area contributed by atoms with Crippen molar-refractivity contribution in [3.05, 3.63) is 58.7 Å². The third-order valence-electron chi connectivity index (χ3n) is 4.79. The van der Waals surface area contributed by atoms with Crippen LogP contribution in [-0.2, 0) is 14.8 Å². The van der Waals surface area contributed by atoms with Crippen molar-refractivity contribution in [3.63, 3.8) is 0 Å². The van der Waals surface area contributed by atoms with Gasteiger partial charge in [0.1, 0.15) is 5.02 Å². The molecule has 9 nitrogen and oxygen atoms in total. The molecule has 0 atom stereocenters. The van der Waals surface area contributed by atoms with Gasteiger partial charge in [-0.3, -0.25) is 4.72 Å². The monoisotopic (exact) mass is 508 g/mol. The van der Waals surface area contributed by atoms with Crippen LogP contribution < -0.4 is 20.3 Å². The Morgan fingerprint density at radius 2 is 1.70 bits per heavy atom. The first-order chi connectivity index (χ1) is 15.8. The third kappa shape index (κ3) is 6.17. The van der Waals surface area contributed by atoms with Crippen molar-refractivity contribution >= 4 is 67.7 Å². The molecule has 0 unspecified atom stereocenters. The Balaban J connectivity index is 1.54. The van der Waals surface area contributed by atoms with E-state index >= 15 is 0 Å². The van der Waals surface area contributed by atoms with E-state index in [0.29, 0.717) is 41.1 Å². The molecule has 1 aliphatic heterocycles. The highest BCUT2D eigenvalue weighted by Crippen LogP contribution is 2.32. The number of hydrogen-bond acceptors (Lipinski definition) is 8. The van der Waals surface area contributed by atoms with Crippen LogP contribution in [0.4, 0.5) is 34.5 Å². The zero-order chi connectivity index (χ0) is 23.4. The highest BCUT2D eigenvalue weighted by Gasteiger charge is 2.14. The summed E-state index contributed by atoms with van der Waals surface area (Å²) in [6.45, 7) is 3.01. The average molecular weight is 509 g/mol. The molecule has 0 saturated carbocycles. The second-order valence-corrected chi connectivity index (χ2v) is 9.89. The van der Waals surface area contributed by atoms with Gasteiger partial charge in [-0.2, -0.15) is 4.98 Å². The molecule has 174 valence electrons. The van der Waals surface area contributed by atoms with Crippen LogP contribution in [0, 0.1) is 0 Å². The van der Waals surface area contributed by atoms with Gasteiger partial charge in [0.15, 0.2) is 5.82 Å². The van der Waals surface area contributed by atoms with Gasteiger partial charge in [-0.15, -0.1) is 0 Å². The number of nitrogens with zero attached hydrogens (tertiary/aromatic N) is 3. The van der Waals surface area contributed by atoms with Crippen molar-refractivity contribution in [1.82, 2.24) is 9.97 Å². The Kier molecular flexibility index (Phi) is 7.08. The van der Waals surface area contributed by atoms with Crippen LogP contribution >= 0.6 is 23.2 Å².